The van der Waals surface area contributed by atoms with Crippen molar-refractivity contribution in [3.63, 3.8) is 0 Å². The van der Waals surface area contributed by atoms with Crippen molar-refractivity contribution >= 4 is 17.7 Å². The Bertz CT molecular complexity index is 827. The van der Waals surface area contributed by atoms with E-state index in [4.69, 9.17) is 4.74 Å². The van der Waals surface area contributed by atoms with Crippen LogP contribution in [0.1, 0.15) is 56.6 Å². The largest absolute Gasteiger partial charge is 0.444 e. The number of hydrogen-bond donors (Lipinski definition) is 2. The lowest BCUT2D eigenvalue weighted by molar-refractivity contribution is 0.0635. The zero-order valence-corrected chi connectivity index (χ0v) is 18.6. The van der Waals surface area contributed by atoms with E-state index >= 15 is 0 Å². The molecule has 0 radical (unpaired) electrons. The maximum atomic E-state index is 12.8. The summed E-state index contributed by atoms with van der Waals surface area (Å²) in [4.78, 5) is 27.1. The molecule has 30 heavy (non-hydrogen) atoms. The number of carbonyl (C=O) groups is 2. The van der Waals surface area contributed by atoms with E-state index in [1.165, 1.54) is 5.56 Å². The molecular formula is C24H33N3O3. The van der Waals surface area contributed by atoms with Gasteiger partial charge in [0, 0.05) is 17.8 Å². The number of anilines is 1. The van der Waals surface area contributed by atoms with E-state index in [0.717, 1.165) is 13.1 Å². The van der Waals surface area contributed by atoms with Crippen LogP contribution in [0.5, 0.6) is 0 Å². The minimum Gasteiger partial charge on any atom is -0.444 e. The van der Waals surface area contributed by atoms with Gasteiger partial charge in [-0.25, -0.2) is 4.79 Å². The van der Waals surface area contributed by atoms with Crippen molar-refractivity contribution in [2.75, 3.05) is 25.0 Å². The van der Waals surface area contributed by atoms with E-state index in [0.29, 0.717) is 17.8 Å². The van der Waals surface area contributed by atoms with E-state index in [2.05, 4.69) is 41.5 Å². The average molecular weight is 412 g/mol. The first-order chi connectivity index (χ1) is 14.2. The summed E-state index contributed by atoms with van der Waals surface area (Å²) in [5.41, 5.74) is 1.58. The molecule has 0 fully saturated rings. The number of benzene rings is 2. The lowest BCUT2D eigenvalue weighted by atomic mass is 10.0. The molecule has 0 aliphatic carbocycles. The monoisotopic (exact) mass is 411 g/mol. The molecule has 0 spiro atoms. The van der Waals surface area contributed by atoms with E-state index in [-0.39, 0.29) is 11.9 Å². The van der Waals surface area contributed by atoms with E-state index < -0.39 is 11.7 Å². The number of ether oxygens (including phenoxy) is 1. The number of amides is 2. The van der Waals surface area contributed by atoms with Gasteiger partial charge in [0.25, 0.3) is 5.91 Å². The van der Waals surface area contributed by atoms with Crippen LogP contribution in [0.2, 0.25) is 0 Å². The molecule has 2 aromatic carbocycles. The summed E-state index contributed by atoms with van der Waals surface area (Å²) in [7, 11) is 0. The van der Waals surface area contributed by atoms with Crippen molar-refractivity contribution in [3.05, 3.63) is 65.7 Å². The van der Waals surface area contributed by atoms with Gasteiger partial charge >= 0.3 is 6.09 Å². The Balaban J connectivity index is 2.06. The topological polar surface area (TPSA) is 70.7 Å². The standard InChI is InChI=1S/C24H33N3O3/c1-6-27(7-2)21(18-12-9-8-10-13-18)17-25-22(28)19-14-11-15-20(16-19)26-23(29)30-24(3,4)5/h8-16,21H,6-7,17H2,1-5H3,(H,25,28)(H,26,29). The number of nitrogens with zero attached hydrogens (tertiary/aromatic N) is 1. The van der Waals surface area contributed by atoms with Crippen molar-refractivity contribution in [2.24, 2.45) is 0 Å². The fourth-order valence-electron chi connectivity index (χ4n) is 3.25. The Morgan fingerprint density at radius 2 is 1.67 bits per heavy atom. The summed E-state index contributed by atoms with van der Waals surface area (Å²) in [5, 5.41) is 5.71. The zero-order valence-electron chi connectivity index (χ0n) is 18.6. The molecule has 6 heteroatoms. The molecule has 2 N–H and O–H groups in total. The Labute approximate surface area is 179 Å². The number of nitrogens with one attached hydrogen (secondary N) is 2. The molecule has 1 atom stereocenters. The van der Waals surface area contributed by atoms with Crippen LogP contribution in [-0.2, 0) is 4.74 Å². The zero-order chi connectivity index (χ0) is 22.1. The SMILES string of the molecule is CCN(CC)C(CNC(=O)c1cccc(NC(=O)OC(C)(C)C)c1)c1ccccc1. The molecule has 162 valence electrons. The molecule has 6 nitrogen and oxygen atoms in total. The van der Waals surface area contributed by atoms with Crippen molar-refractivity contribution in [1.82, 2.24) is 10.2 Å². The Hall–Kier alpha value is -2.86. The molecule has 2 amide bonds. The van der Waals surface area contributed by atoms with Crippen molar-refractivity contribution in [2.45, 2.75) is 46.3 Å². The second-order valence-electron chi connectivity index (χ2n) is 8.07. The van der Waals surface area contributed by atoms with Gasteiger partial charge in [0.15, 0.2) is 0 Å². The lowest BCUT2D eigenvalue weighted by Crippen LogP contribution is -2.38. The van der Waals surface area contributed by atoms with Gasteiger partial charge in [0.05, 0.1) is 6.04 Å². The fraction of sp³-hybridized carbons (Fsp3) is 0.417. The average Bonchev–Trinajstić information content (AvgIpc) is 2.70. The maximum absolute atomic E-state index is 12.8. The van der Waals surface area contributed by atoms with Crippen LogP contribution >= 0.6 is 0 Å². The lowest BCUT2D eigenvalue weighted by Gasteiger charge is -2.30. The highest BCUT2D eigenvalue weighted by Gasteiger charge is 2.20. The Kier molecular flexibility index (Phi) is 8.42. The predicted octanol–water partition coefficient (Wildman–Crippen LogP) is 4.85. The Morgan fingerprint density at radius 1 is 1.00 bits per heavy atom. The third kappa shape index (κ3) is 7.19. The van der Waals surface area contributed by atoms with Crippen molar-refractivity contribution in [1.29, 1.82) is 0 Å². The number of rotatable bonds is 8. The molecule has 0 saturated heterocycles. The van der Waals surface area contributed by atoms with E-state index in [1.54, 1.807) is 45.0 Å². The number of hydrogen-bond acceptors (Lipinski definition) is 4. The molecule has 1 unspecified atom stereocenters. The molecule has 0 aliphatic heterocycles. The third-order valence-electron chi connectivity index (χ3n) is 4.66. The van der Waals surface area contributed by atoms with Gasteiger partial charge in [0.1, 0.15) is 5.60 Å². The highest BCUT2D eigenvalue weighted by molar-refractivity contribution is 5.96. The van der Waals surface area contributed by atoms with Gasteiger partial charge in [0.2, 0.25) is 0 Å². The second-order valence-corrected chi connectivity index (χ2v) is 8.07. The molecule has 0 aromatic heterocycles. The van der Waals surface area contributed by atoms with Crippen molar-refractivity contribution < 1.29 is 14.3 Å². The predicted molar refractivity (Wildman–Crippen MR) is 121 cm³/mol. The fourth-order valence-corrected chi connectivity index (χ4v) is 3.25. The highest BCUT2D eigenvalue weighted by Crippen LogP contribution is 2.20. The van der Waals surface area contributed by atoms with Crippen LogP contribution in [0.4, 0.5) is 10.5 Å². The minimum absolute atomic E-state index is 0.0909. The van der Waals surface area contributed by atoms with Crippen molar-refractivity contribution in [3.8, 4) is 0 Å². The van der Waals surface area contributed by atoms with Crippen LogP contribution in [0.15, 0.2) is 54.6 Å². The minimum atomic E-state index is -0.587. The molecule has 0 bridgehead atoms. The quantitative estimate of drug-likeness (QED) is 0.652. The summed E-state index contributed by atoms with van der Waals surface area (Å²) >= 11 is 0. The first-order valence-corrected chi connectivity index (χ1v) is 10.4. The summed E-state index contributed by atoms with van der Waals surface area (Å²) in [5.74, 6) is -0.184. The highest BCUT2D eigenvalue weighted by atomic mass is 16.6. The molecular weight excluding hydrogens is 378 g/mol. The maximum Gasteiger partial charge on any atom is 0.412 e. The van der Waals surface area contributed by atoms with Gasteiger partial charge in [-0.15, -0.1) is 0 Å². The molecule has 0 saturated carbocycles. The molecule has 2 aromatic rings. The normalized spacial score (nSPS) is 12.3. The Morgan fingerprint density at radius 3 is 2.27 bits per heavy atom. The number of likely N-dealkylation sites (N-methyl/N-ethyl adjacent to an activating group) is 1. The molecule has 0 aliphatic rings. The van der Waals surface area contributed by atoms with Crippen LogP contribution in [0, 0.1) is 0 Å². The van der Waals surface area contributed by atoms with Gasteiger partial charge in [-0.3, -0.25) is 15.0 Å². The number of carbonyl (C=O) groups excluding carboxylic acids is 2. The third-order valence-corrected chi connectivity index (χ3v) is 4.66. The van der Waals surface area contributed by atoms with Gasteiger partial charge < -0.3 is 10.1 Å². The summed E-state index contributed by atoms with van der Waals surface area (Å²) in [6.45, 7) is 11.9. The van der Waals surface area contributed by atoms with E-state index in [1.807, 2.05) is 18.2 Å². The van der Waals surface area contributed by atoms with Crippen LogP contribution < -0.4 is 10.6 Å². The second kappa shape index (κ2) is 10.8. The molecule has 2 rings (SSSR count). The summed E-state index contributed by atoms with van der Waals surface area (Å²) < 4.78 is 5.26. The van der Waals surface area contributed by atoms with Gasteiger partial charge in [-0.1, -0.05) is 50.2 Å². The van der Waals surface area contributed by atoms with Crippen LogP contribution in [0.3, 0.4) is 0 Å². The summed E-state index contributed by atoms with van der Waals surface area (Å²) in [6.07, 6.45) is -0.550. The van der Waals surface area contributed by atoms with E-state index in [9.17, 15) is 9.59 Å². The van der Waals surface area contributed by atoms with Gasteiger partial charge in [-0.2, -0.15) is 0 Å². The van der Waals surface area contributed by atoms with Gasteiger partial charge in [-0.05, 0) is 57.6 Å². The van der Waals surface area contributed by atoms with Crippen LogP contribution in [-0.4, -0.2) is 42.1 Å². The summed E-state index contributed by atoms with van der Waals surface area (Å²) in [6, 6.07) is 17.1. The molecule has 0 heterocycles. The van der Waals surface area contributed by atoms with Crippen LogP contribution in [0.25, 0.3) is 0 Å². The first-order valence-electron chi connectivity index (χ1n) is 10.4. The smallest absolute Gasteiger partial charge is 0.412 e. The first kappa shape index (κ1) is 23.4.